The van der Waals surface area contributed by atoms with Gasteiger partial charge < -0.3 is 9.64 Å². The van der Waals surface area contributed by atoms with Crippen LogP contribution in [0, 0.1) is 5.92 Å². The summed E-state index contributed by atoms with van der Waals surface area (Å²) >= 11 is 0. The Hall–Kier alpha value is -0.610. The largest absolute Gasteiger partial charge is 0.375 e. The van der Waals surface area contributed by atoms with Crippen LogP contribution in [0.25, 0.3) is 0 Å². The second-order valence-corrected chi connectivity index (χ2v) is 7.19. The van der Waals surface area contributed by atoms with Crippen LogP contribution in [-0.4, -0.2) is 41.3 Å². The highest BCUT2D eigenvalue weighted by Crippen LogP contribution is 2.32. The lowest BCUT2D eigenvalue weighted by Crippen LogP contribution is -2.51. The molecule has 4 heteroatoms. The molecule has 0 bridgehead atoms. The van der Waals surface area contributed by atoms with Crippen LogP contribution in [0.1, 0.15) is 60.3 Å². The maximum absolute atomic E-state index is 12.8. The Balaban J connectivity index is 2.15. The molecule has 3 unspecified atom stereocenters. The van der Waals surface area contributed by atoms with E-state index >= 15 is 0 Å². The van der Waals surface area contributed by atoms with Crippen LogP contribution < -0.4 is 5.32 Å². The fraction of sp³-hybridized carbons (Fsp3) is 0.938. The quantitative estimate of drug-likeness (QED) is 0.861. The van der Waals surface area contributed by atoms with Gasteiger partial charge in [0.25, 0.3) is 0 Å². The summed E-state index contributed by atoms with van der Waals surface area (Å²) in [7, 11) is 0. The molecule has 2 heterocycles. The molecule has 2 fully saturated rings. The van der Waals surface area contributed by atoms with Gasteiger partial charge in [0.15, 0.2) is 0 Å². The topological polar surface area (TPSA) is 41.6 Å². The third kappa shape index (κ3) is 3.17. The van der Waals surface area contributed by atoms with E-state index in [0.29, 0.717) is 17.9 Å². The number of hydrogen-bond donors (Lipinski definition) is 1. The molecular formula is C16H30N2O2. The smallest absolute Gasteiger partial charge is 0.241 e. The van der Waals surface area contributed by atoms with Crippen molar-refractivity contribution in [2.75, 3.05) is 6.61 Å². The molecule has 116 valence electrons. The Bertz CT molecular complexity index is 354. The minimum absolute atomic E-state index is 0.0162. The monoisotopic (exact) mass is 282 g/mol. The maximum Gasteiger partial charge on any atom is 0.241 e. The van der Waals surface area contributed by atoms with E-state index in [4.69, 9.17) is 4.74 Å². The average Bonchev–Trinajstić information content (AvgIpc) is 2.65. The van der Waals surface area contributed by atoms with Gasteiger partial charge in [-0.15, -0.1) is 0 Å². The molecule has 20 heavy (non-hydrogen) atoms. The lowest BCUT2D eigenvalue weighted by molar-refractivity contribution is -0.139. The zero-order chi connectivity index (χ0) is 14.9. The van der Waals surface area contributed by atoms with Gasteiger partial charge in [-0.2, -0.15) is 0 Å². The third-order valence-electron chi connectivity index (χ3n) is 4.52. The van der Waals surface area contributed by atoms with Gasteiger partial charge >= 0.3 is 0 Å². The van der Waals surface area contributed by atoms with E-state index < -0.39 is 0 Å². The normalized spacial score (nSPS) is 34.0. The van der Waals surface area contributed by atoms with Gasteiger partial charge in [-0.1, -0.05) is 27.2 Å². The van der Waals surface area contributed by atoms with Gasteiger partial charge in [-0.3, -0.25) is 10.1 Å². The number of hydrogen-bond acceptors (Lipinski definition) is 3. The van der Waals surface area contributed by atoms with Gasteiger partial charge in [0.1, 0.15) is 0 Å². The molecule has 2 aliphatic heterocycles. The van der Waals surface area contributed by atoms with Crippen molar-refractivity contribution in [1.82, 2.24) is 10.2 Å². The van der Waals surface area contributed by atoms with E-state index in [9.17, 15) is 4.79 Å². The van der Waals surface area contributed by atoms with Crippen molar-refractivity contribution in [1.29, 1.82) is 0 Å². The summed E-state index contributed by atoms with van der Waals surface area (Å²) in [6.45, 7) is 11.4. The van der Waals surface area contributed by atoms with Gasteiger partial charge in [-0.25, -0.2) is 0 Å². The summed E-state index contributed by atoms with van der Waals surface area (Å²) in [5, 5.41) is 3.55. The van der Waals surface area contributed by atoms with Crippen LogP contribution >= 0.6 is 0 Å². The molecule has 0 aromatic heterocycles. The van der Waals surface area contributed by atoms with E-state index in [1.54, 1.807) is 0 Å². The molecule has 2 rings (SSSR count). The van der Waals surface area contributed by atoms with Crippen molar-refractivity contribution in [3.05, 3.63) is 0 Å². The van der Waals surface area contributed by atoms with Gasteiger partial charge in [0.05, 0.1) is 17.8 Å². The average molecular weight is 282 g/mol. The molecule has 0 aromatic carbocycles. The fourth-order valence-corrected chi connectivity index (χ4v) is 3.52. The van der Waals surface area contributed by atoms with Crippen molar-refractivity contribution in [2.45, 2.75) is 84.2 Å². The van der Waals surface area contributed by atoms with Crippen LogP contribution in [-0.2, 0) is 9.53 Å². The lowest BCUT2D eigenvalue weighted by atomic mass is 9.92. The summed E-state index contributed by atoms with van der Waals surface area (Å²) in [6, 6.07) is 0.302. The van der Waals surface area contributed by atoms with E-state index in [1.165, 1.54) is 0 Å². The molecule has 4 nitrogen and oxygen atoms in total. The van der Waals surface area contributed by atoms with Crippen LogP contribution in [0.4, 0.5) is 0 Å². The number of nitrogens with zero attached hydrogens (tertiary/aromatic N) is 1. The number of ether oxygens (including phenoxy) is 1. The second kappa shape index (κ2) is 6.02. The fourth-order valence-electron chi connectivity index (χ4n) is 3.52. The van der Waals surface area contributed by atoms with Crippen molar-refractivity contribution in [3.8, 4) is 0 Å². The molecule has 0 saturated carbocycles. The molecule has 0 spiro atoms. The molecular weight excluding hydrogens is 252 g/mol. The standard InChI is InChI=1S/C16H30N2O2/c1-6-7-13-17-14(11(2)3)15(19)18(13)12-8-9-20-16(4,5)10-12/h11-14,17H,6-10H2,1-5H3. The summed E-state index contributed by atoms with van der Waals surface area (Å²) in [5.41, 5.74) is -0.115. The zero-order valence-electron chi connectivity index (χ0n) is 13.6. The molecule has 0 aromatic rings. The summed E-state index contributed by atoms with van der Waals surface area (Å²) in [5.74, 6) is 0.640. The van der Waals surface area contributed by atoms with Gasteiger partial charge in [-0.05, 0) is 39.0 Å². The lowest BCUT2D eigenvalue weighted by Gasteiger charge is -2.41. The van der Waals surface area contributed by atoms with E-state index in [0.717, 1.165) is 32.3 Å². The maximum atomic E-state index is 12.8. The minimum atomic E-state index is -0.115. The second-order valence-electron chi connectivity index (χ2n) is 7.19. The van der Waals surface area contributed by atoms with E-state index in [1.807, 2.05) is 0 Å². The predicted molar refractivity (Wildman–Crippen MR) is 80.4 cm³/mol. The van der Waals surface area contributed by atoms with Crippen LogP contribution in [0.2, 0.25) is 0 Å². The van der Waals surface area contributed by atoms with Crippen LogP contribution in [0.5, 0.6) is 0 Å². The number of carbonyl (C=O) groups is 1. The minimum Gasteiger partial charge on any atom is -0.375 e. The summed E-state index contributed by atoms with van der Waals surface area (Å²) < 4.78 is 5.80. The predicted octanol–water partition coefficient (Wildman–Crippen LogP) is 2.53. The zero-order valence-corrected chi connectivity index (χ0v) is 13.6. The summed E-state index contributed by atoms with van der Waals surface area (Å²) in [6.07, 6.45) is 4.23. The molecule has 1 N–H and O–H groups in total. The highest BCUT2D eigenvalue weighted by molar-refractivity contribution is 5.85. The van der Waals surface area contributed by atoms with E-state index in [2.05, 4.69) is 44.8 Å². The number of nitrogens with one attached hydrogen (secondary N) is 1. The molecule has 2 aliphatic rings. The number of carbonyl (C=O) groups excluding carboxylic acids is 1. The Morgan fingerprint density at radius 1 is 1.45 bits per heavy atom. The Labute approximate surface area is 123 Å². The van der Waals surface area contributed by atoms with Crippen molar-refractivity contribution < 1.29 is 9.53 Å². The van der Waals surface area contributed by atoms with Gasteiger partial charge in [0.2, 0.25) is 5.91 Å². The Morgan fingerprint density at radius 3 is 2.70 bits per heavy atom. The summed E-state index contributed by atoms with van der Waals surface area (Å²) in [4.78, 5) is 14.9. The first-order valence-corrected chi connectivity index (χ1v) is 8.08. The highest BCUT2D eigenvalue weighted by atomic mass is 16.5. The first-order chi connectivity index (χ1) is 9.35. The highest BCUT2D eigenvalue weighted by Gasteiger charge is 2.45. The van der Waals surface area contributed by atoms with Crippen molar-refractivity contribution in [2.24, 2.45) is 5.92 Å². The van der Waals surface area contributed by atoms with Crippen LogP contribution in [0.15, 0.2) is 0 Å². The Kier molecular flexibility index (Phi) is 4.75. The number of rotatable bonds is 4. The van der Waals surface area contributed by atoms with Crippen LogP contribution in [0.3, 0.4) is 0 Å². The molecule has 0 aliphatic carbocycles. The SMILES string of the molecule is CCCC1NC(C(C)C)C(=O)N1C1CCOC(C)(C)C1. The Morgan fingerprint density at radius 2 is 2.15 bits per heavy atom. The molecule has 0 radical (unpaired) electrons. The molecule has 2 saturated heterocycles. The molecule has 1 amide bonds. The van der Waals surface area contributed by atoms with Crippen molar-refractivity contribution >= 4 is 5.91 Å². The third-order valence-corrected chi connectivity index (χ3v) is 4.52. The van der Waals surface area contributed by atoms with Crippen molar-refractivity contribution in [3.63, 3.8) is 0 Å². The number of amides is 1. The molecule has 3 atom stereocenters. The first-order valence-electron chi connectivity index (χ1n) is 8.08. The van der Waals surface area contributed by atoms with Gasteiger partial charge in [0, 0.05) is 12.6 Å². The van der Waals surface area contributed by atoms with E-state index in [-0.39, 0.29) is 17.8 Å². The first kappa shape index (κ1) is 15.8.